The first-order valence-corrected chi connectivity index (χ1v) is 11.4. The van der Waals surface area contributed by atoms with Gasteiger partial charge in [0.1, 0.15) is 6.61 Å². The van der Waals surface area contributed by atoms with Crippen LogP contribution in [-0.2, 0) is 20.9 Å². The van der Waals surface area contributed by atoms with Crippen LogP contribution in [0.4, 0.5) is 0 Å². The van der Waals surface area contributed by atoms with Gasteiger partial charge >= 0.3 is 5.97 Å². The van der Waals surface area contributed by atoms with E-state index in [1.807, 2.05) is 61.5 Å². The van der Waals surface area contributed by atoms with Crippen LogP contribution in [0.1, 0.15) is 37.4 Å². The van der Waals surface area contributed by atoms with E-state index >= 15 is 0 Å². The lowest BCUT2D eigenvalue weighted by molar-refractivity contribution is -0.141. The quantitative estimate of drug-likeness (QED) is 0.545. The van der Waals surface area contributed by atoms with Gasteiger partial charge in [0.05, 0.1) is 22.6 Å². The van der Waals surface area contributed by atoms with Gasteiger partial charge in [-0.1, -0.05) is 77.1 Å². The highest BCUT2D eigenvalue weighted by Crippen LogP contribution is 2.44. The van der Waals surface area contributed by atoms with Gasteiger partial charge in [-0.25, -0.2) is 9.79 Å². The van der Waals surface area contributed by atoms with Crippen molar-refractivity contribution in [1.82, 2.24) is 4.90 Å². The number of amides is 1. The van der Waals surface area contributed by atoms with E-state index in [1.165, 1.54) is 11.8 Å². The number of carbonyl (C=O) groups excluding carboxylic acids is 2. The zero-order valence-corrected chi connectivity index (χ0v) is 19.1. The Morgan fingerprint density at radius 1 is 1.20 bits per heavy atom. The topological polar surface area (TPSA) is 59.0 Å². The number of ether oxygens (including phenoxy) is 1. The van der Waals surface area contributed by atoms with E-state index in [0.29, 0.717) is 22.9 Å². The van der Waals surface area contributed by atoms with Gasteiger partial charge in [-0.3, -0.25) is 9.69 Å². The fourth-order valence-corrected chi connectivity index (χ4v) is 5.19. The second-order valence-corrected chi connectivity index (χ2v) is 9.22. The first kappa shape index (κ1) is 20.9. The minimum absolute atomic E-state index is 0.0212. The highest BCUT2D eigenvalue weighted by molar-refractivity contribution is 9.10. The van der Waals surface area contributed by atoms with E-state index in [-0.39, 0.29) is 17.8 Å². The first-order chi connectivity index (χ1) is 14.5. The summed E-state index contributed by atoms with van der Waals surface area (Å²) in [5.74, 6) is -0.478. The average Bonchev–Trinajstić information content (AvgIpc) is 3.06. The van der Waals surface area contributed by atoms with E-state index in [1.54, 1.807) is 11.8 Å². The predicted molar refractivity (Wildman–Crippen MR) is 122 cm³/mol. The molecule has 0 aromatic heterocycles. The molecule has 0 radical (unpaired) electrons. The van der Waals surface area contributed by atoms with Crippen LogP contribution in [-0.4, -0.2) is 27.2 Å². The number of hydrogen-bond acceptors (Lipinski definition) is 5. The second kappa shape index (κ2) is 8.78. The van der Waals surface area contributed by atoms with Crippen molar-refractivity contribution in [3.8, 4) is 0 Å². The third-order valence-corrected chi connectivity index (χ3v) is 6.93. The molecule has 0 aliphatic carbocycles. The van der Waals surface area contributed by atoms with E-state index in [9.17, 15) is 9.59 Å². The van der Waals surface area contributed by atoms with Crippen molar-refractivity contribution in [1.29, 1.82) is 0 Å². The fraction of sp³-hybridized carbons (Fsp3) is 0.261. The van der Waals surface area contributed by atoms with Crippen LogP contribution in [0.25, 0.3) is 0 Å². The van der Waals surface area contributed by atoms with Gasteiger partial charge in [0.2, 0.25) is 5.91 Å². The zero-order valence-electron chi connectivity index (χ0n) is 16.7. The number of thioether (sulfide) groups is 1. The molecule has 7 heteroatoms. The molecule has 1 fully saturated rings. The zero-order chi connectivity index (χ0) is 21.3. The van der Waals surface area contributed by atoms with Crippen molar-refractivity contribution in [2.45, 2.75) is 38.2 Å². The number of benzene rings is 2. The second-order valence-electron chi connectivity index (χ2n) is 7.14. The summed E-state index contributed by atoms with van der Waals surface area (Å²) in [6.07, 6.45) is 0.705. The van der Waals surface area contributed by atoms with Crippen molar-refractivity contribution in [3.05, 3.63) is 81.5 Å². The molecule has 2 aliphatic rings. The molecule has 30 heavy (non-hydrogen) atoms. The fourth-order valence-electron chi connectivity index (χ4n) is 3.64. The summed E-state index contributed by atoms with van der Waals surface area (Å²) in [5, 5.41) is 0.458. The monoisotopic (exact) mass is 484 g/mol. The summed E-state index contributed by atoms with van der Waals surface area (Å²) in [6.45, 7) is 3.95. The number of allylic oxidation sites excluding steroid dienone is 1. The molecule has 5 nitrogen and oxygen atoms in total. The SMILES string of the molecule is CC[C@@H]1SC2=NC(C)=C(C(=O)OCc3ccccc3)[C@@H](c3cccc(Br)c3)N2C1=O. The Labute approximate surface area is 188 Å². The lowest BCUT2D eigenvalue weighted by atomic mass is 9.94. The third kappa shape index (κ3) is 3.96. The summed E-state index contributed by atoms with van der Waals surface area (Å²) in [5.41, 5.74) is 2.73. The van der Waals surface area contributed by atoms with Crippen molar-refractivity contribution in [2.24, 2.45) is 4.99 Å². The Morgan fingerprint density at radius 2 is 1.97 bits per heavy atom. The van der Waals surface area contributed by atoms with Gasteiger partial charge in [-0.2, -0.15) is 0 Å². The lowest BCUT2D eigenvalue weighted by Gasteiger charge is -2.33. The van der Waals surface area contributed by atoms with Crippen molar-refractivity contribution >= 4 is 44.7 Å². The van der Waals surface area contributed by atoms with Crippen LogP contribution >= 0.6 is 27.7 Å². The van der Waals surface area contributed by atoms with Crippen LogP contribution in [0, 0.1) is 0 Å². The maximum atomic E-state index is 13.2. The Balaban J connectivity index is 1.72. The smallest absolute Gasteiger partial charge is 0.338 e. The van der Waals surface area contributed by atoms with Gasteiger partial charge in [-0.05, 0) is 36.6 Å². The molecule has 0 unspecified atom stereocenters. The van der Waals surface area contributed by atoms with Crippen LogP contribution in [0.15, 0.2) is 75.3 Å². The average molecular weight is 485 g/mol. The molecular formula is C23H21BrN2O3S. The summed E-state index contributed by atoms with van der Waals surface area (Å²) in [4.78, 5) is 32.6. The van der Waals surface area contributed by atoms with Crippen LogP contribution < -0.4 is 0 Å². The standard InChI is InChI=1S/C23H21BrN2O3S/c1-3-18-21(27)26-20(16-10-7-11-17(24)12-16)19(14(2)25-23(26)30-18)22(28)29-13-15-8-5-4-6-9-15/h4-12,18,20H,3,13H2,1-2H3/t18-,20+/m0/s1. The highest BCUT2D eigenvalue weighted by atomic mass is 79.9. The number of esters is 1. The molecule has 0 saturated carbocycles. The molecule has 1 amide bonds. The number of carbonyl (C=O) groups is 2. The van der Waals surface area contributed by atoms with E-state index < -0.39 is 12.0 Å². The number of fused-ring (bicyclic) bond motifs is 1. The van der Waals surface area contributed by atoms with Gasteiger partial charge in [-0.15, -0.1) is 0 Å². The Morgan fingerprint density at radius 3 is 2.67 bits per heavy atom. The molecule has 0 bridgehead atoms. The molecule has 154 valence electrons. The maximum Gasteiger partial charge on any atom is 0.338 e. The van der Waals surface area contributed by atoms with E-state index in [4.69, 9.17) is 4.74 Å². The highest BCUT2D eigenvalue weighted by Gasteiger charge is 2.47. The molecule has 0 N–H and O–H groups in total. The summed E-state index contributed by atoms with van der Waals surface area (Å²) >= 11 is 4.97. The van der Waals surface area contributed by atoms with Gasteiger partial charge in [0, 0.05) is 4.47 Å². The molecule has 2 heterocycles. The summed E-state index contributed by atoms with van der Waals surface area (Å²) in [6, 6.07) is 16.7. The van der Waals surface area contributed by atoms with E-state index in [2.05, 4.69) is 20.9 Å². The van der Waals surface area contributed by atoms with Crippen molar-refractivity contribution < 1.29 is 14.3 Å². The Kier molecular flexibility index (Phi) is 6.11. The maximum absolute atomic E-state index is 13.2. The van der Waals surface area contributed by atoms with Gasteiger partial charge in [0.25, 0.3) is 0 Å². The molecule has 2 aromatic rings. The predicted octanol–water partition coefficient (Wildman–Crippen LogP) is 5.23. The minimum atomic E-state index is -0.560. The number of amidine groups is 1. The molecule has 0 spiro atoms. The molecule has 2 aliphatic heterocycles. The molecule has 4 rings (SSSR count). The third-order valence-electron chi connectivity index (χ3n) is 5.12. The van der Waals surface area contributed by atoms with Crippen LogP contribution in [0.5, 0.6) is 0 Å². The summed E-state index contributed by atoms with van der Waals surface area (Å²) < 4.78 is 6.51. The van der Waals surface area contributed by atoms with Crippen molar-refractivity contribution in [3.63, 3.8) is 0 Å². The minimum Gasteiger partial charge on any atom is -0.457 e. The molecular weight excluding hydrogens is 464 g/mol. The largest absolute Gasteiger partial charge is 0.457 e. The van der Waals surface area contributed by atoms with E-state index in [0.717, 1.165) is 15.6 Å². The normalized spacial score (nSPS) is 20.8. The lowest BCUT2D eigenvalue weighted by Crippen LogP contribution is -2.40. The van der Waals surface area contributed by atoms with Gasteiger partial charge in [0.15, 0.2) is 5.17 Å². The molecule has 2 atom stereocenters. The molecule has 1 saturated heterocycles. The Bertz CT molecular complexity index is 1050. The number of aliphatic imine (C=N–C) groups is 1. The van der Waals surface area contributed by atoms with Gasteiger partial charge < -0.3 is 4.74 Å². The number of nitrogens with zero attached hydrogens (tertiary/aromatic N) is 2. The summed E-state index contributed by atoms with van der Waals surface area (Å²) in [7, 11) is 0. The van der Waals surface area contributed by atoms with Crippen LogP contribution in [0.3, 0.4) is 0 Å². The number of halogens is 1. The number of hydrogen-bond donors (Lipinski definition) is 0. The van der Waals surface area contributed by atoms with Crippen LogP contribution in [0.2, 0.25) is 0 Å². The number of rotatable bonds is 5. The van der Waals surface area contributed by atoms with Crippen molar-refractivity contribution in [2.75, 3.05) is 0 Å². The Hall–Kier alpha value is -2.38. The molecule has 2 aromatic carbocycles. The first-order valence-electron chi connectivity index (χ1n) is 9.75.